The molecule has 8 heteroatoms. The lowest BCUT2D eigenvalue weighted by atomic mass is 10.2. The van der Waals surface area contributed by atoms with E-state index < -0.39 is 0 Å². The number of thioether (sulfide) groups is 1. The summed E-state index contributed by atoms with van der Waals surface area (Å²) in [5.74, 6) is 0.961. The Kier molecular flexibility index (Phi) is 7.29. The van der Waals surface area contributed by atoms with Crippen LogP contribution >= 0.6 is 11.8 Å². The number of para-hydroxylation sites is 1. The summed E-state index contributed by atoms with van der Waals surface area (Å²) in [7, 11) is 3.17. The van der Waals surface area contributed by atoms with Gasteiger partial charge in [0.1, 0.15) is 17.2 Å². The molecule has 0 spiro atoms. The van der Waals surface area contributed by atoms with Crippen LogP contribution in [-0.4, -0.2) is 37.0 Å². The number of nitrogens with one attached hydrogen (secondary N) is 1. The molecule has 0 fully saturated rings. The van der Waals surface area contributed by atoms with Gasteiger partial charge in [0.25, 0.3) is 5.91 Å². The lowest BCUT2D eigenvalue weighted by molar-refractivity contribution is -0.114. The fourth-order valence-corrected chi connectivity index (χ4v) is 4.09. The summed E-state index contributed by atoms with van der Waals surface area (Å²) in [5, 5.41) is 3.26. The molecule has 3 aromatic rings. The van der Waals surface area contributed by atoms with Gasteiger partial charge < -0.3 is 14.8 Å². The van der Waals surface area contributed by atoms with E-state index in [1.807, 2.05) is 54.6 Å². The Balaban J connectivity index is 1.59. The Morgan fingerprint density at radius 1 is 0.971 bits per heavy atom. The molecule has 1 aliphatic rings. The van der Waals surface area contributed by atoms with Crippen LogP contribution in [0.1, 0.15) is 5.56 Å². The number of amides is 2. The molecule has 0 aliphatic carbocycles. The maximum atomic E-state index is 13.3. The molecule has 0 bridgehead atoms. The van der Waals surface area contributed by atoms with Crippen LogP contribution in [0.2, 0.25) is 0 Å². The van der Waals surface area contributed by atoms with Crippen molar-refractivity contribution in [3.8, 4) is 11.5 Å². The molecular weight excluding hydrogens is 450 g/mol. The molecule has 0 saturated carbocycles. The summed E-state index contributed by atoms with van der Waals surface area (Å²) >= 11 is 1.19. The van der Waals surface area contributed by atoms with Crippen molar-refractivity contribution in [1.29, 1.82) is 0 Å². The second-order valence-electron chi connectivity index (χ2n) is 7.24. The maximum Gasteiger partial charge on any atom is 0.283 e. The Labute approximate surface area is 202 Å². The number of nitrogens with zero attached hydrogens (tertiary/aromatic N) is 2. The third-order valence-electron chi connectivity index (χ3n) is 4.95. The van der Waals surface area contributed by atoms with Gasteiger partial charge in [-0.05, 0) is 48.0 Å². The molecule has 1 heterocycles. The Hall–Kier alpha value is -4.04. The lowest BCUT2D eigenvalue weighted by Gasteiger charge is -2.18. The first-order valence-corrected chi connectivity index (χ1v) is 11.5. The minimum atomic E-state index is -0.282. The molecule has 34 heavy (non-hydrogen) atoms. The maximum absolute atomic E-state index is 13.3. The van der Waals surface area contributed by atoms with Crippen LogP contribution < -0.4 is 19.7 Å². The highest BCUT2D eigenvalue weighted by Crippen LogP contribution is 2.31. The number of benzene rings is 3. The van der Waals surface area contributed by atoms with Crippen LogP contribution in [-0.2, 0) is 9.59 Å². The number of rotatable bonds is 7. The monoisotopic (exact) mass is 473 g/mol. The van der Waals surface area contributed by atoms with Crippen molar-refractivity contribution in [2.45, 2.75) is 0 Å². The van der Waals surface area contributed by atoms with Crippen LogP contribution in [0, 0.1) is 0 Å². The molecule has 0 saturated heterocycles. The highest BCUT2D eigenvalue weighted by Gasteiger charge is 2.32. The Bertz CT molecular complexity index is 1240. The van der Waals surface area contributed by atoms with Crippen molar-refractivity contribution in [1.82, 2.24) is 0 Å². The van der Waals surface area contributed by atoms with Gasteiger partial charge in [-0.1, -0.05) is 48.2 Å². The summed E-state index contributed by atoms with van der Waals surface area (Å²) in [6.07, 6.45) is 1.71. The average Bonchev–Trinajstić information content (AvgIpc) is 3.18. The van der Waals surface area contributed by atoms with E-state index >= 15 is 0 Å². The van der Waals surface area contributed by atoms with Crippen LogP contribution in [0.4, 0.5) is 11.4 Å². The second kappa shape index (κ2) is 10.7. The number of aliphatic imine (C=N–C) groups is 1. The normalized spacial score (nSPS) is 14.2. The molecule has 2 amide bonds. The van der Waals surface area contributed by atoms with E-state index in [-0.39, 0.29) is 23.3 Å². The van der Waals surface area contributed by atoms with Crippen LogP contribution in [0.5, 0.6) is 11.5 Å². The van der Waals surface area contributed by atoms with Crippen LogP contribution in [0.15, 0.2) is 89.6 Å². The first-order chi connectivity index (χ1) is 16.6. The predicted molar refractivity (Wildman–Crippen MR) is 136 cm³/mol. The third-order valence-corrected chi connectivity index (χ3v) is 5.89. The molecule has 4 rings (SSSR count). The molecular formula is C26H23N3O4S. The Morgan fingerprint density at radius 2 is 1.71 bits per heavy atom. The van der Waals surface area contributed by atoms with Gasteiger partial charge >= 0.3 is 0 Å². The van der Waals surface area contributed by atoms with Crippen LogP contribution in [0.3, 0.4) is 0 Å². The SMILES string of the molecule is COc1ccc(/C=C2\N=C(SCC(=O)Nc3ccccc3)N(c3cccc(OC)c3)C2=O)cc1. The number of carbonyl (C=O) groups excluding carboxylic acids is 2. The van der Waals surface area contributed by atoms with E-state index in [1.54, 1.807) is 44.6 Å². The van der Waals surface area contributed by atoms with E-state index in [0.717, 1.165) is 11.3 Å². The quantitative estimate of drug-likeness (QED) is 0.498. The molecule has 1 N–H and O–H groups in total. The third kappa shape index (κ3) is 5.47. The zero-order chi connectivity index (χ0) is 23.9. The zero-order valence-electron chi connectivity index (χ0n) is 18.7. The molecule has 0 radical (unpaired) electrons. The summed E-state index contributed by atoms with van der Waals surface area (Å²) in [6.45, 7) is 0. The van der Waals surface area contributed by atoms with Gasteiger partial charge in [0.15, 0.2) is 5.17 Å². The highest BCUT2D eigenvalue weighted by atomic mass is 32.2. The number of carbonyl (C=O) groups is 2. The molecule has 172 valence electrons. The Morgan fingerprint density at radius 3 is 2.41 bits per heavy atom. The molecule has 0 unspecified atom stereocenters. The van der Waals surface area contributed by atoms with E-state index in [9.17, 15) is 9.59 Å². The standard InChI is InChI=1S/C26H23N3O4S/c1-32-21-13-11-18(12-14-21)15-23-25(31)29(20-9-6-10-22(16-20)33-2)26(28-23)34-17-24(30)27-19-7-4-3-5-8-19/h3-16H,17H2,1-2H3,(H,27,30)/b23-15-. The predicted octanol–water partition coefficient (Wildman–Crippen LogP) is 4.82. The first kappa shape index (κ1) is 23.1. The summed E-state index contributed by atoms with van der Waals surface area (Å²) in [5.41, 5.74) is 2.41. The molecule has 0 atom stereocenters. The van der Waals surface area contributed by atoms with Crippen molar-refractivity contribution < 1.29 is 19.1 Å². The molecule has 3 aromatic carbocycles. The number of methoxy groups -OCH3 is 2. The topological polar surface area (TPSA) is 80.2 Å². The average molecular weight is 474 g/mol. The van der Waals surface area contributed by atoms with E-state index in [2.05, 4.69) is 10.3 Å². The second-order valence-corrected chi connectivity index (χ2v) is 8.18. The molecule has 7 nitrogen and oxygen atoms in total. The van der Waals surface area contributed by atoms with Crippen molar-refractivity contribution in [3.63, 3.8) is 0 Å². The van der Waals surface area contributed by atoms with Gasteiger partial charge in [-0.25, -0.2) is 4.99 Å². The van der Waals surface area contributed by atoms with Crippen molar-refractivity contribution in [2.75, 3.05) is 30.2 Å². The summed E-state index contributed by atoms with van der Waals surface area (Å²) < 4.78 is 10.5. The first-order valence-electron chi connectivity index (χ1n) is 10.5. The van der Waals surface area contributed by atoms with Crippen molar-refractivity contribution in [2.24, 2.45) is 4.99 Å². The number of anilines is 2. The highest BCUT2D eigenvalue weighted by molar-refractivity contribution is 8.14. The van der Waals surface area contributed by atoms with E-state index in [0.29, 0.717) is 22.3 Å². The fraction of sp³-hybridized carbons (Fsp3) is 0.115. The fourth-order valence-electron chi connectivity index (χ4n) is 3.28. The van der Waals surface area contributed by atoms with Gasteiger partial charge in [-0.3, -0.25) is 14.5 Å². The van der Waals surface area contributed by atoms with Gasteiger partial charge in [0.2, 0.25) is 5.91 Å². The van der Waals surface area contributed by atoms with Crippen LogP contribution in [0.25, 0.3) is 6.08 Å². The lowest BCUT2D eigenvalue weighted by Crippen LogP contribution is -2.31. The number of amidine groups is 1. The summed E-state index contributed by atoms with van der Waals surface area (Å²) in [6, 6.07) is 23.7. The van der Waals surface area contributed by atoms with Gasteiger partial charge in [-0.15, -0.1) is 0 Å². The number of ether oxygens (including phenoxy) is 2. The van der Waals surface area contributed by atoms with Gasteiger partial charge in [0.05, 0.1) is 25.7 Å². The molecule has 0 aromatic heterocycles. The largest absolute Gasteiger partial charge is 0.497 e. The minimum Gasteiger partial charge on any atom is -0.497 e. The zero-order valence-corrected chi connectivity index (χ0v) is 19.5. The van der Waals surface area contributed by atoms with E-state index in [4.69, 9.17) is 9.47 Å². The number of hydrogen-bond donors (Lipinski definition) is 1. The smallest absolute Gasteiger partial charge is 0.283 e. The minimum absolute atomic E-state index is 0.0945. The number of hydrogen-bond acceptors (Lipinski definition) is 6. The van der Waals surface area contributed by atoms with E-state index in [1.165, 1.54) is 16.7 Å². The van der Waals surface area contributed by atoms with Gasteiger partial charge in [-0.2, -0.15) is 0 Å². The van der Waals surface area contributed by atoms with Gasteiger partial charge in [0, 0.05) is 11.8 Å². The van der Waals surface area contributed by atoms with Crippen molar-refractivity contribution in [3.05, 3.63) is 90.1 Å². The molecule has 1 aliphatic heterocycles. The summed E-state index contributed by atoms with van der Waals surface area (Å²) in [4.78, 5) is 31.9. The van der Waals surface area contributed by atoms with Crippen molar-refractivity contribution >= 4 is 46.2 Å².